The standard InChI is InChI=1S/C30H30ClNO5S/c1-38-23-11-7-18(8-12-23)20-3-2-4-21(15-20)32-29(33)19-5-9-22(10-6-19)37-28-17-27-25(16-26(28)31)24(30(34)35)13-14-36-27/h5-12,16-17,20-21,24H,2-4,13-15H2,1H3,(H,32,33)(H,34,35). The molecule has 2 aliphatic rings. The van der Waals surface area contributed by atoms with Crippen molar-refractivity contribution in [2.75, 3.05) is 12.9 Å². The minimum absolute atomic E-state index is 0.0974. The van der Waals surface area contributed by atoms with Crippen LogP contribution in [0.2, 0.25) is 5.02 Å². The first kappa shape index (κ1) is 26.4. The average Bonchev–Trinajstić information content (AvgIpc) is 2.93. The Morgan fingerprint density at radius 3 is 2.53 bits per heavy atom. The van der Waals surface area contributed by atoms with Crippen LogP contribution in [0.15, 0.2) is 65.6 Å². The van der Waals surface area contributed by atoms with E-state index >= 15 is 0 Å². The van der Waals surface area contributed by atoms with E-state index in [1.165, 1.54) is 10.5 Å². The third-order valence-corrected chi connectivity index (χ3v) is 8.38. The van der Waals surface area contributed by atoms with Crippen molar-refractivity contribution in [2.24, 2.45) is 0 Å². The van der Waals surface area contributed by atoms with Crippen molar-refractivity contribution < 1.29 is 24.2 Å². The molecule has 1 saturated carbocycles. The number of rotatable bonds is 7. The highest BCUT2D eigenvalue weighted by Gasteiger charge is 2.29. The van der Waals surface area contributed by atoms with Crippen molar-refractivity contribution in [3.63, 3.8) is 0 Å². The van der Waals surface area contributed by atoms with Gasteiger partial charge >= 0.3 is 5.97 Å². The second kappa shape index (κ2) is 11.7. The highest BCUT2D eigenvalue weighted by molar-refractivity contribution is 7.98. The predicted molar refractivity (Wildman–Crippen MR) is 149 cm³/mol. The number of carbonyl (C=O) groups is 2. The van der Waals surface area contributed by atoms with Gasteiger partial charge in [0.1, 0.15) is 17.2 Å². The Kier molecular flexibility index (Phi) is 8.15. The molecule has 1 aliphatic carbocycles. The summed E-state index contributed by atoms with van der Waals surface area (Å²) < 4.78 is 11.6. The number of fused-ring (bicyclic) bond motifs is 1. The van der Waals surface area contributed by atoms with Crippen molar-refractivity contribution in [3.8, 4) is 17.2 Å². The Morgan fingerprint density at radius 1 is 1.05 bits per heavy atom. The van der Waals surface area contributed by atoms with Crippen LogP contribution in [0.5, 0.6) is 17.2 Å². The zero-order valence-electron chi connectivity index (χ0n) is 21.1. The summed E-state index contributed by atoms with van der Waals surface area (Å²) in [6.45, 7) is 0.320. The molecule has 0 saturated heterocycles. The zero-order valence-corrected chi connectivity index (χ0v) is 22.7. The predicted octanol–water partition coefficient (Wildman–Crippen LogP) is 7.26. The molecule has 0 aromatic heterocycles. The van der Waals surface area contributed by atoms with Crippen LogP contribution < -0.4 is 14.8 Å². The molecule has 0 radical (unpaired) electrons. The van der Waals surface area contributed by atoms with Crippen molar-refractivity contribution in [1.29, 1.82) is 0 Å². The molecule has 0 spiro atoms. The van der Waals surface area contributed by atoms with Gasteiger partial charge in [0.15, 0.2) is 0 Å². The van der Waals surface area contributed by atoms with Gasteiger partial charge in [0.25, 0.3) is 5.91 Å². The van der Waals surface area contributed by atoms with E-state index in [0.717, 1.165) is 25.7 Å². The number of thioether (sulfide) groups is 1. The van der Waals surface area contributed by atoms with Crippen molar-refractivity contribution in [1.82, 2.24) is 5.32 Å². The number of carbonyl (C=O) groups excluding carboxylic acids is 1. The molecule has 198 valence electrons. The molecule has 6 nitrogen and oxygen atoms in total. The van der Waals surface area contributed by atoms with Crippen molar-refractivity contribution in [3.05, 3.63) is 82.4 Å². The maximum absolute atomic E-state index is 13.0. The van der Waals surface area contributed by atoms with E-state index in [1.54, 1.807) is 48.2 Å². The Labute approximate surface area is 231 Å². The number of ether oxygens (including phenoxy) is 2. The van der Waals surface area contributed by atoms with Crippen molar-refractivity contribution in [2.45, 2.75) is 54.9 Å². The molecule has 0 bridgehead atoms. The molecule has 3 unspecified atom stereocenters. The molecule has 3 aromatic carbocycles. The first-order valence-corrected chi connectivity index (χ1v) is 14.4. The van der Waals surface area contributed by atoms with Crippen LogP contribution in [-0.2, 0) is 4.79 Å². The fourth-order valence-electron chi connectivity index (χ4n) is 5.29. The summed E-state index contributed by atoms with van der Waals surface area (Å²) in [7, 11) is 0. The minimum Gasteiger partial charge on any atom is -0.493 e. The van der Waals surface area contributed by atoms with Crippen molar-refractivity contribution >= 4 is 35.2 Å². The van der Waals surface area contributed by atoms with Crippen LogP contribution >= 0.6 is 23.4 Å². The molecule has 5 rings (SSSR count). The van der Waals surface area contributed by atoms with Gasteiger partial charge in [-0.2, -0.15) is 0 Å². The van der Waals surface area contributed by atoms with Crippen LogP contribution in [0.3, 0.4) is 0 Å². The zero-order chi connectivity index (χ0) is 26.6. The lowest BCUT2D eigenvalue weighted by atomic mass is 9.81. The summed E-state index contributed by atoms with van der Waals surface area (Å²) in [4.78, 5) is 25.8. The van der Waals surface area contributed by atoms with E-state index < -0.39 is 11.9 Å². The maximum Gasteiger partial charge on any atom is 0.311 e. The Bertz CT molecular complexity index is 1310. The minimum atomic E-state index is -0.901. The van der Waals surface area contributed by atoms with Gasteiger partial charge in [-0.05, 0) is 85.9 Å². The highest BCUT2D eigenvalue weighted by Crippen LogP contribution is 2.42. The number of hydrogen-bond acceptors (Lipinski definition) is 5. The lowest BCUT2D eigenvalue weighted by Crippen LogP contribution is -2.37. The number of aliphatic carboxylic acids is 1. The van der Waals surface area contributed by atoms with Crippen LogP contribution in [0.25, 0.3) is 0 Å². The Hall–Kier alpha value is -3.16. The van der Waals surface area contributed by atoms with E-state index in [4.69, 9.17) is 21.1 Å². The molecular formula is C30H30ClNO5S. The summed E-state index contributed by atoms with van der Waals surface area (Å²) in [5, 5.41) is 13.0. The third kappa shape index (κ3) is 5.94. The van der Waals surface area contributed by atoms with Gasteiger partial charge in [0.2, 0.25) is 0 Å². The fourth-order valence-corrected chi connectivity index (χ4v) is 5.91. The molecule has 1 heterocycles. The molecule has 2 N–H and O–H groups in total. The maximum atomic E-state index is 13.0. The van der Waals surface area contributed by atoms with E-state index in [0.29, 0.717) is 52.3 Å². The SMILES string of the molecule is CSc1ccc(C2CCCC(NC(=O)c3ccc(Oc4cc5c(cc4Cl)C(C(=O)O)CCO5)cc3)C2)cc1. The van der Waals surface area contributed by atoms with Gasteiger partial charge in [-0.1, -0.05) is 30.2 Å². The highest BCUT2D eigenvalue weighted by atomic mass is 35.5. The van der Waals surface area contributed by atoms with Crippen LogP contribution in [0.1, 0.15) is 65.4 Å². The van der Waals surface area contributed by atoms with Crippen LogP contribution in [0.4, 0.5) is 0 Å². The molecule has 1 fully saturated rings. The summed E-state index contributed by atoms with van der Waals surface area (Å²) in [6.07, 6.45) is 6.63. The lowest BCUT2D eigenvalue weighted by molar-refractivity contribution is -0.139. The summed E-state index contributed by atoms with van der Waals surface area (Å²) in [6, 6.07) is 19.0. The summed E-state index contributed by atoms with van der Waals surface area (Å²) in [5.41, 5.74) is 2.45. The fraction of sp³-hybridized carbons (Fsp3) is 0.333. The van der Waals surface area contributed by atoms with E-state index in [2.05, 4.69) is 35.8 Å². The number of benzene rings is 3. The smallest absolute Gasteiger partial charge is 0.311 e. The van der Waals surface area contributed by atoms with Gasteiger partial charge < -0.3 is 19.9 Å². The second-order valence-electron chi connectivity index (χ2n) is 9.78. The largest absolute Gasteiger partial charge is 0.493 e. The van der Waals surface area contributed by atoms with Gasteiger partial charge in [-0.3, -0.25) is 9.59 Å². The number of nitrogens with one attached hydrogen (secondary N) is 1. The number of carboxylic acid groups (broad SMARTS) is 1. The normalized spacial score (nSPS) is 20.6. The number of carboxylic acids is 1. The first-order valence-electron chi connectivity index (χ1n) is 12.8. The topological polar surface area (TPSA) is 84.9 Å². The molecule has 1 aliphatic heterocycles. The second-order valence-corrected chi connectivity index (χ2v) is 11.1. The lowest BCUT2D eigenvalue weighted by Gasteiger charge is -2.30. The molecule has 8 heteroatoms. The number of amides is 1. The van der Waals surface area contributed by atoms with Gasteiger partial charge in [-0.15, -0.1) is 11.8 Å². The summed E-state index contributed by atoms with van der Waals surface area (Å²) >= 11 is 8.15. The molecule has 38 heavy (non-hydrogen) atoms. The molecule has 1 amide bonds. The van der Waals surface area contributed by atoms with Gasteiger partial charge in [-0.25, -0.2) is 0 Å². The van der Waals surface area contributed by atoms with E-state index in [9.17, 15) is 14.7 Å². The van der Waals surface area contributed by atoms with E-state index in [-0.39, 0.29) is 11.9 Å². The summed E-state index contributed by atoms with van der Waals surface area (Å²) in [5.74, 6) is 0.152. The monoisotopic (exact) mass is 551 g/mol. The molecular weight excluding hydrogens is 522 g/mol. The Morgan fingerprint density at radius 2 is 1.82 bits per heavy atom. The van der Waals surface area contributed by atoms with Gasteiger partial charge in [0, 0.05) is 28.1 Å². The first-order chi connectivity index (χ1) is 18.4. The van der Waals surface area contributed by atoms with Gasteiger partial charge in [0.05, 0.1) is 17.5 Å². The average molecular weight is 552 g/mol. The van der Waals surface area contributed by atoms with Crippen LogP contribution in [0, 0.1) is 0 Å². The Balaban J connectivity index is 1.21. The number of halogens is 1. The molecule has 3 aromatic rings. The number of hydrogen-bond donors (Lipinski definition) is 2. The third-order valence-electron chi connectivity index (χ3n) is 7.34. The van der Waals surface area contributed by atoms with Crippen LogP contribution in [-0.4, -0.2) is 35.9 Å². The quantitative estimate of drug-likeness (QED) is 0.301. The van der Waals surface area contributed by atoms with E-state index in [1.807, 2.05) is 0 Å². The molecule has 3 atom stereocenters.